The van der Waals surface area contributed by atoms with Gasteiger partial charge in [-0.05, 0) is 36.6 Å². The molecule has 0 fully saturated rings. The van der Waals surface area contributed by atoms with Crippen molar-refractivity contribution < 1.29 is 18.9 Å². The third-order valence-corrected chi connectivity index (χ3v) is 4.34. The fourth-order valence-corrected chi connectivity index (χ4v) is 2.80. The summed E-state index contributed by atoms with van der Waals surface area (Å²) < 4.78 is 22.2. The Bertz CT molecular complexity index is 730. The molecule has 0 radical (unpaired) electrons. The molecule has 0 aliphatic rings. The largest absolute Gasteiger partial charge is 0.493 e. The Morgan fingerprint density at radius 3 is 2.22 bits per heavy atom. The van der Waals surface area contributed by atoms with Gasteiger partial charge < -0.3 is 24.3 Å². The molecule has 0 aliphatic heterocycles. The maximum atomic E-state index is 5.83. The van der Waals surface area contributed by atoms with E-state index in [1.807, 2.05) is 30.3 Å². The normalized spacial score (nSPS) is 12.0. The summed E-state index contributed by atoms with van der Waals surface area (Å²) in [6.07, 6.45) is 0. The predicted molar refractivity (Wildman–Crippen MR) is 108 cm³/mol. The summed E-state index contributed by atoms with van der Waals surface area (Å²) in [7, 11) is 4.97. The van der Waals surface area contributed by atoms with Crippen LogP contribution in [0.1, 0.15) is 37.9 Å². The van der Waals surface area contributed by atoms with Crippen molar-refractivity contribution in [3.8, 4) is 23.0 Å². The molecule has 5 heteroatoms. The SMILES string of the molecule is COc1cc(C(C)NCc2cccc(OC)c2OC)ccc1OCC(C)C. The van der Waals surface area contributed by atoms with E-state index in [0.717, 1.165) is 34.1 Å². The van der Waals surface area contributed by atoms with Gasteiger partial charge in [-0.3, -0.25) is 0 Å². The summed E-state index contributed by atoms with van der Waals surface area (Å²) in [4.78, 5) is 0. The molecule has 0 amide bonds. The van der Waals surface area contributed by atoms with E-state index in [4.69, 9.17) is 18.9 Å². The first kappa shape index (κ1) is 20.9. The number of hydrogen-bond acceptors (Lipinski definition) is 5. The number of hydrogen-bond donors (Lipinski definition) is 1. The maximum Gasteiger partial charge on any atom is 0.165 e. The van der Waals surface area contributed by atoms with Crippen LogP contribution < -0.4 is 24.3 Å². The quantitative estimate of drug-likeness (QED) is 0.660. The van der Waals surface area contributed by atoms with Crippen LogP contribution in [0.15, 0.2) is 36.4 Å². The summed E-state index contributed by atoms with van der Waals surface area (Å²) in [5, 5.41) is 3.53. The van der Waals surface area contributed by atoms with Crippen molar-refractivity contribution in [3.63, 3.8) is 0 Å². The second kappa shape index (κ2) is 10.1. The lowest BCUT2D eigenvalue weighted by molar-refractivity contribution is 0.256. The van der Waals surface area contributed by atoms with Crippen molar-refractivity contribution in [2.45, 2.75) is 33.4 Å². The van der Waals surface area contributed by atoms with Gasteiger partial charge in [-0.15, -0.1) is 0 Å². The van der Waals surface area contributed by atoms with Crippen molar-refractivity contribution >= 4 is 0 Å². The minimum atomic E-state index is 0.133. The molecule has 0 aromatic heterocycles. The molecule has 0 heterocycles. The van der Waals surface area contributed by atoms with Crippen LogP contribution in [0.5, 0.6) is 23.0 Å². The van der Waals surface area contributed by atoms with E-state index in [9.17, 15) is 0 Å². The van der Waals surface area contributed by atoms with Crippen molar-refractivity contribution in [1.82, 2.24) is 5.32 Å². The smallest absolute Gasteiger partial charge is 0.165 e. The molecule has 2 rings (SSSR count). The lowest BCUT2D eigenvalue weighted by Crippen LogP contribution is -2.18. The van der Waals surface area contributed by atoms with Gasteiger partial charge in [0.2, 0.25) is 0 Å². The number of ether oxygens (including phenoxy) is 4. The molecule has 1 unspecified atom stereocenters. The number of rotatable bonds is 10. The zero-order chi connectivity index (χ0) is 19.8. The van der Waals surface area contributed by atoms with Crippen LogP contribution in [0.2, 0.25) is 0 Å². The van der Waals surface area contributed by atoms with Crippen LogP contribution >= 0.6 is 0 Å². The molecule has 1 N–H and O–H groups in total. The van der Waals surface area contributed by atoms with Crippen LogP contribution in [-0.4, -0.2) is 27.9 Å². The lowest BCUT2D eigenvalue weighted by atomic mass is 10.1. The number of benzene rings is 2. The Kier molecular flexibility index (Phi) is 7.80. The summed E-state index contributed by atoms with van der Waals surface area (Å²) in [5.41, 5.74) is 2.18. The first-order valence-electron chi connectivity index (χ1n) is 9.24. The van der Waals surface area contributed by atoms with E-state index in [1.54, 1.807) is 21.3 Å². The highest BCUT2D eigenvalue weighted by Crippen LogP contribution is 2.32. The highest BCUT2D eigenvalue weighted by Gasteiger charge is 2.13. The number of para-hydroxylation sites is 1. The van der Waals surface area contributed by atoms with E-state index in [-0.39, 0.29) is 6.04 Å². The molecule has 1 atom stereocenters. The molecule has 0 bridgehead atoms. The van der Waals surface area contributed by atoms with E-state index in [1.165, 1.54) is 0 Å². The zero-order valence-electron chi connectivity index (χ0n) is 17.2. The monoisotopic (exact) mass is 373 g/mol. The first-order valence-corrected chi connectivity index (χ1v) is 9.24. The van der Waals surface area contributed by atoms with Crippen LogP contribution in [0, 0.1) is 5.92 Å². The van der Waals surface area contributed by atoms with Crippen molar-refractivity contribution in [2.24, 2.45) is 5.92 Å². The standard InChI is InChI=1S/C22H31NO4/c1-15(2)14-27-19-11-10-17(12-21(19)25-5)16(3)23-13-18-8-7-9-20(24-4)22(18)26-6/h7-12,15-16,23H,13-14H2,1-6H3. The molecule has 2 aromatic carbocycles. The summed E-state index contributed by atoms with van der Waals surface area (Å²) >= 11 is 0. The molecule has 2 aromatic rings. The van der Waals surface area contributed by atoms with Gasteiger partial charge in [0.25, 0.3) is 0 Å². The van der Waals surface area contributed by atoms with Gasteiger partial charge in [0, 0.05) is 18.2 Å². The average Bonchev–Trinajstić information content (AvgIpc) is 2.69. The number of nitrogens with one attached hydrogen (secondary N) is 1. The van der Waals surface area contributed by atoms with Gasteiger partial charge in [0.15, 0.2) is 23.0 Å². The molecular weight excluding hydrogens is 342 g/mol. The van der Waals surface area contributed by atoms with Crippen molar-refractivity contribution in [1.29, 1.82) is 0 Å². The zero-order valence-corrected chi connectivity index (χ0v) is 17.2. The van der Waals surface area contributed by atoms with E-state index < -0.39 is 0 Å². The molecule has 0 spiro atoms. The Balaban J connectivity index is 2.09. The Hall–Kier alpha value is -2.40. The third kappa shape index (κ3) is 5.54. The second-order valence-corrected chi connectivity index (χ2v) is 6.87. The summed E-state index contributed by atoms with van der Waals surface area (Å²) in [5.74, 6) is 3.48. The first-order chi connectivity index (χ1) is 13.0. The fraction of sp³-hybridized carbons (Fsp3) is 0.455. The van der Waals surface area contributed by atoms with E-state index in [0.29, 0.717) is 19.1 Å². The minimum Gasteiger partial charge on any atom is -0.493 e. The van der Waals surface area contributed by atoms with Crippen LogP contribution in [-0.2, 0) is 6.54 Å². The molecule has 5 nitrogen and oxygen atoms in total. The topological polar surface area (TPSA) is 49.0 Å². The van der Waals surface area contributed by atoms with Gasteiger partial charge >= 0.3 is 0 Å². The molecule has 0 saturated heterocycles. The van der Waals surface area contributed by atoms with Crippen LogP contribution in [0.25, 0.3) is 0 Å². The predicted octanol–water partition coefficient (Wildman–Crippen LogP) is 4.60. The van der Waals surface area contributed by atoms with Gasteiger partial charge in [0.05, 0.1) is 27.9 Å². The van der Waals surface area contributed by atoms with Crippen molar-refractivity contribution in [3.05, 3.63) is 47.5 Å². The molecule has 27 heavy (non-hydrogen) atoms. The van der Waals surface area contributed by atoms with E-state index >= 15 is 0 Å². The van der Waals surface area contributed by atoms with Gasteiger partial charge in [0.1, 0.15) is 0 Å². The maximum absolute atomic E-state index is 5.83. The average molecular weight is 373 g/mol. The molecule has 148 valence electrons. The second-order valence-electron chi connectivity index (χ2n) is 6.87. The van der Waals surface area contributed by atoms with Gasteiger partial charge in [-0.2, -0.15) is 0 Å². The van der Waals surface area contributed by atoms with Gasteiger partial charge in [-0.1, -0.05) is 32.0 Å². The number of methoxy groups -OCH3 is 3. The van der Waals surface area contributed by atoms with E-state index in [2.05, 4.69) is 32.2 Å². The molecule has 0 aliphatic carbocycles. The highest BCUT2D eigenvalue weighted by atomic mass is 16.5. The van der Waals surface area contributed by atoms with Crippen LogP contribution in [0.4, 0.5) is 0 Å². The summed E-state index contributed by atoms with van der Waals surface area (Å²) in [6, 6.07) is 12.1. The van der Waals surface area contributed by atoms with Crippen molar-refractivity contribution in [2.75, 3.05) is 27.9 Å². The van der Waals surface area contributed by atoms with Crippen LogP contribution in [0.3, 0.4) is 0 Å². The Morgan fingerprint density at radius 2 is 1.59 bits per heavy atom. The van der Waals surface area contributed by atoms with Gasteiger partial charge in [-0.25, -0.2) is 0 Å². The minimum absolute atomic E-state index is 0.133. The molecule has 0 saturated carbocycles. The Labute approximate surface area is 162 Å². The Morgan fingerprint density at radius 1 is 0.852 bits per heavy atom. The third-order valence-electron chi connectivity index (χ3n) is 4.34. The molecular formula is C22H31NO4. The fourth-order valence-electron chi connectivity index (χ4n) is 2.80. The lowest BCUT2D eigenvalue weighted by Gasteiger charge is -2.19. The highest BCUT2D eigenvalue weighted by molar-refractivity contribution is 5.47. The summed E-state index contributed by atoms with van der Waals surface area (Å²) in [6.45, 7) is 7.70.